The van der Waals surface area contributed by atoms with Gasteiger partial charge in [-0.25, -0.2) is 0 Å². The standard InChI is InChI=1S/C11H9BrCl2N4O/c1-16-9-4-10(18-11(15)17-9)19-8-3-6(13)5(12)2-7(8)14/h2-4H,1H3,(H3,15,16,17,18). The molecule has 1 aromatic carbocycles. The Kier molecular flexibility index (Phi) is 4.34. The van der Waals surface area contributed by atoms with Crippen LogP contribution in [-0.4, -0.2) is 17.0 Å². The quantitative estimate of drug-likeness (QED) is 0.807. The SMILES string of the molecule is CNc1cc(Oc2cc(Cl)c(Br)cc2Cl)nc(N)n1. The number of aromatic nitrogens is 2. The maximum atomic E-state index is 6.06. The fraction of sp³-hybridized carbons (Fsp3) is 0.0909. The molecule has 0 saturated carbocycles. The summed E-state index contributed by atoms with van der Waals surface area (Å²) < 4.78 is 6.24. The van der Waals surface area contributed by atoms with E-state index in [0.717, 1.165) is 0 Å². The van der Waals surface area contributed by atoms with E-state index in [1.165, 1.54) is 0 Å². The Balaban J connectivity index is 2.36. The molecule has 0 bridgehead atoms. The van der Waals surface area contributed by atoms with Gasteiger partial charge in [0.2, 0.25) is 11.8 Å². The van der Waals surface area contributed by atoms with Crippen molar-refractivity contribution >= 4 is 50.9 Å². The minimum atomic E-state index is 0.0983. The van der Waals surface area contributed by atoms with Crippen LogP contribution in [-0.2, 0) is 0 Å². The largest absolute Gasteiger partial charge is 0.437 e. The highest BCUT2D eigenvalue weighted by Gasteiger charge is 2.10. The molecule has 5 nitrogen and oxygen atoms in total. The van der Waals surface area contributed by atoms with Crippen molar-refractivity contribution < 1.29 is 4.74 Å². The first-order chi connectivity index (χ1) is 8.99. The molecule has 19 heavy (non-hydrogen) atoms. The van der Waals surface area contributed by atoms with Crippen LogP contribution in [0.25, 0.3) is 0 Å². The Hall–Kier alpha value is -1.24. The van der Waals surface area contributed by atoms with Gasteiger partial charge < -0.3 is 15.8 Å². The van der Waals surface area contributed by atoms with Crippen molar-refractivity contribution in [2.75, 3.05) is 18.1 Å². The molecule has 100 valence electrons. The van der Waals surface area contributed by atoms with Gasteiger partial charge in [0.1, 0.15) is 11.6 Å². The maximum absolute atomic E-state index is 6.06. The van der Waals surface area contributed by atoms with E-state index in [0.29, 0.717) is 26.1 Å². The topological polar surface area (TPSA) is 73.1 Å². The smallest absolute Gasteiger partial charge is 0.226 e. The van der Waals surface area contributed by atoms with Crippen molar-refractivity contribution in [1.29, 1.82) is 0 Å². The van der Waals surface area contributed by atoms with Crippen LogP contribution in [0.1, 0.15) is 0 Å². The Morgan fingerprint density at radius 3 is 2.63 bits per heavy atom. The molecule has 0 saturated heterocycles. The minimum absolute atomic E-state index is 0.0983. The van der Waals surface area contributed by atoms with Crippen molar-refractivity contribution in [3.05, 3.63) is 32.7 Å². The van der Waals surface area contributed by atoms with Crippen LogP contribution in [0.15, 0.2) is 22.7 Å². The van der Waals surface area contributed by atoms with E-state index >= 15 is 0 Å². The molecule has 1 aromatic heterocycles. The summed E-state index contributed by atoms with van der Waals surface area (Å²) in [5.74, 6) is 1.30. The van der Waals surface area contributed by atoms with Gasteiger partial charge in [0, 0.05) is 23.7 Å². The Morgan fingerprint density at radius 1 is 1.21 bits per heavy atom. The van der Waals surface area contributed by atoms with E-state index in [-0.39, 0.29) is 11.8 Å². The van der Waals surface area contributed by atoms with Crippen LogP contribution in [0, 0.1) is 0 Å². The van der Waals surface area contributed by atoms with Gasteiger partial charge in [-0.15, -0.1) is 0 Å². The molecule has 0 radical (unpaired) electrons. The van der Waals surface area contributed by atoms with Crippen LogP contribution < -0.4 is 15.8 Å². The molecular formula is C11H9BrCl2N4O. The average Bonchev–Trinajstić information content (AvgIpc) is 2.35. The number of hydrogen-bond acceptors (Lipinski definition) is 5. The van der Waals surface area contributed by atoms with Gasteiger partial charge in [-0.3, -0.25) is 0 Å². The van der Waals surface area contributed by atoms with Crippen molar-refractivity contribution in [2.24, 2.45) is 0 Å². The molecular weight excluding hydrogens is 355 g/mol. The summed E-state index contributed by atoms with van der Waals surface area (Å²) in [6.45, 7) is 0. The predicted molar refractivity (Wildman–Crippen MR) is 80.2 cm³/mol. The number of hydrogen-bond donors (Lipinski definition) is 2. The van der Waals surface area contributed by atoms with Gasteiger partial charge in [-0.2, -0.15) is 9.97 Å². The highest BCUT2D eigenvalue weighted by atomic mass is 79.9. The van der Waals surface area contributed by atoms with E-state index in [1.807, 2.05) is 0 Å². The summed E-state index contributed by atoms with van der Waals surface area (Å²) in [6.07, 6.45) is 0. The zero-order chi connectivity index (χ0) is 14.0. The maximum Gasteiger partial charge on any atom is 0.226 e. The molecule has 0 spiro atoms. The summed E-state index contributed by atoms with van der Waals surface area (Å²) in [4.78, 5) is 7.92. The summed E-state index contributed by atoms with van der Waals surface area (Å²) in [5, 5.41) is 3.74. The number of nitrogens with zero attached hydrogens (tertiary/aromatic N) is 2. The normalized spacial score (nSPS) is 10.3. The van der Waals surface area contributed by atoms with Gasteiger partial charge in [0.05, 0.1) is 10.0 Å². The van der Waals surface area contributed by atoms with Crippen molar-refractivity contribution in [3.8, 4) is 11.6 Å². The fourth-order valence-electron chi connectivity index (χ4n) is 1.32. The molecule has 1 heterocycles. The van der Waals surface area contributed by atoms with Gasteiger partial charge in [0.25, 0.3) is 0 Å². The lowest BCUT2D eigenvalue weighted by molar-refractivity contribution is 0.463. The number of nitrogen functional groups attached to an aromatic ring is 1. The molecule has 0 aliphatic heterocycles. The molecule has 2 aromatic rings. The van der Waals surface area contributed by atoms with Crippen molar-refractivity contribution in [1.82, 2.24) is 9.97 Å². The number of rotatable bonds is 3. The molecule has 2 rings (SSSR count). The zero-order valence-corrected chi connectivity index (χ0v) is 12.8. The monoisotopic (exact) mass is 362 g/mol. The summed E-state index contributed by atoms with van der Waals surface area (Å²) >= 11 is 15.3. The Labute approximate surface area is 128 Å². The number of ether oxygens (including phenoxy) is 1. The van der Waals surface area contributed by atoms with Gasteiger partial charge in [-0.1, -0.05) is 23.2 Å². The van der Waals surface area contributed by atoms with Crippen molar-refractivity contribution in [2.45, 2.75) is 0 Å². The molecule has 0 amide bonds. The van der Waals surface area contributed by atoms with Crippen LogP contribution in [0.3, 0.4) is 0 Å². The van der Waals surface area contributed by atoms with E-state index in [4.69, 9.17) is 33.7 Å². The third-order valence-corrected chi connectivity index (χ3v) is 3.66. The van der Waals surface area contributed by atoms with Crippen LogP contribution in [0.4, 0.5) is 11.8 Å². The van der Waals surface area contributed by atoms with Gasteiger partial charge in [-0.05, 0) is 22.0 Å². The first kappa shape index (κ1) is 14.2. The Bertz CT molecular complexity index is 624. The summed E-state index contributed by atoms with van der Waals surface area (Å²) in [7, 11) is 1.72. The molecule has 0 unspecified atom stereocenters. The van der Waals surface area contributed by atoms with E-state index in [9.17, 15) is 0 Å². The second kappa shape index (κ2) is 5.81. The minimum Gasteiger partial charge on any atom is -0.437 e. The van der Waals surface area contributed by atoms with Crippen molar-refractivity contribution in [3.63, 3.8) is 0 Å². The lowest BCUT2D eigenvalue weighted by atomic mass is 10.3. The van der Waals surface area contributed by atoms with Crippen LogP contribution in [0.5, 0.6) is 11.6 Å². The number of nitrogens with two attached hydrogens (primary N) is 1. The average molecular weight is 364 g/mol. The second-order valence-electron chi connectivity index (χ2n) is 3.50. The molecule has 0 aliphatic carbocycles. The first-order valence-corrected chi connectivity index (χ1v) is 6.69. The van der Waals surface area contributed by atoms with E-state index < -0.39 is 0 Å². The molecule has 0 fully saturated rings. The Morgan fingerprint density at radius 2 is 1.95 bits per heavy atom. The van der Waals surface area contributed by atoms with Crippen LogP contribution >= 0.6 is 39.1 Å². The number of anilines is 2. The van der Waals surface area contributed by atoms with Gasteiger partial charge >= 0.3 is 0 Å². The highest BCUT2D eigenvalue weighted by molar-refractivity contribution is 9.10. The van der Waals surface area contributed by atoms with E-state index in [2.05, 4.69) is 31.2 Å². The lowest BCUT2D eigenvalue weighted by Gasteiger charge is -2.09. The second-order valence-corrected chi connectivity index (χ2v) is 5.17. The number of benzene rings is 1. The molecule has 0 atom stereocenters. The molecule has 0 aliphatic rings. The third-order valence-electron chi connectivity index (χ3n) is 2.17. The lowest BCUT2D eigenvalue weighted by Crippen LogP contribution is -2.01. The number of nitrogens with one attached hydrogen (secondary N) is 1. The molecule has 8 heteroatoms. The summed E-state index contributed by atoms with van der Waals surface area (Å²) in [5.41, 5.74) is 5.57. The first-order valence-electron chi connectivity index (χ1n) is 5.14. The molecule has 3 N–H and O–H groups in total. The third kappa shape index (κ3) is 3.40. The van der Waals surface area contributed by atoms with Crippen LogP contribution in [0.2, 0.25) is 10.0 Å². The predicted octanol–water partition coefficient (Wildman–Crippen LogP) is 3.96. The van der Waals surface area contributed by atoms with E-state index in [1.54, 1.807) is 25.2 Å². The number of halogens is 3. The van der Waals surface area contributed by atoms with Gasteiger partial charge in [0.15, 0.2) is 0 Å². The summed E-state index contributed by atoms with van der Waals surface area (Å²) in [6, 6.07) is 4.83. The highest BCUT2D eigenvalue weighted by Crippen LogP contribution is 2.36. The fourth-order valence-corrected chi connectivity index (χ4v) is 2.15. The zero-order valence-electron chi connectivity index (χ0n) is 9.75.